The molecule has 0 aliphatic carbocycles. The van der Waals surface area contributed by atoms with E-state index in [1.807, 2.05) is 0 Å². The second kappa shape index (κ2) is 4.77. The Kier molecular flexibility index (Phi) is 3.66. The van der Waals surface area contributed by atoms with E-state index in [4.69, 9.17) is 4.74 Å². The summed E-state index contributed by atoms with van der Waals surface area (Å²) in [6.45, 7) is 3.22. The molecule has 0 bridgehead atoms. The predicted octanol–water partition coefficient (Wildman–Crippen LogP) is 1.65. The van der Waals surface area contributed by atoms with E-state index in [9.17, 15) is 9.18 Å². The van der Waals surface area contributed by atoms with Gasteiger partial charge in [-0.2, -0.15) is 0 Å². The van der Waals surface area contributed by atoms with E-state index in [2.05, 4.69) is 5.32 Å². The fourth-order valence-electron chi connectivity index (χ4n) is 1.16. The molecule has 0 radical (unpaired) electrons. The van der Waals surface area contributed by atoms with Gasteiger partial charge in [-0.25, -0.2) is 4.39 Å². The van der Waals surface area contributed by atoms with Gasteiger partial charge in [-0.05, 0) is 25.5 Å². The molecule has 1 atom stereocenters. The van der Waals surface area contributed by atoms with Gasteiger partial charge in [0.05, 0.1) is 0 Å². The summed E-state index contributed by atoms with van der Waals surface area (Å²) in [6, 6.07) is 4.83. The van der Waals surface area contributed by atoms with E-state index >= 15 is 0 Å². The van der Waals surface area contributed by atoms with Crippen LogP contribution in [0.1, 0.15) is 12.5 Å². The molecular formula is C11H14FNO2. The molecule has 0 saturated carbocycles. The lowest BCUT2D eigenvalue weighted by Gasteiger charge is -2.14. The third-order valence-corrected chi connectivity index (χ3v) is 2.08. The van der Waals surface area contributed by atoms with Crippen LogP contribution >= 0.6 is 0 Å². The molecule has 3 nitrogen and oxygen atoms in total. The summed E-state index contributed by atoms with van der Waals surface area (Å²) in [5.74, 6) is -0.602. The first kappa shape index (κ1) is 11.5. The predicted molar refractivity (Wildman–Crippen MR) is 55.3 cm³/mol. The summed E-state index contributed by atoms with van der Waals surface area (Å²) in [5, 5.41) is 2.43. The van der Waals surface area contributed by atoms with E-state index < -0.39 is 11.9 Å². The van der Waals surface area contributed by atoms with Crippen molar-refractivity contribution in [1.29, 1.82) is 0 Å². The lowest BCUT2D eigenvalue weighted by Crippen LogP contribution is -2.33. The van der Waals surface area contributed by atoms with Crippen LogP contribution in [0.15, 0.2) is 18.2 Å². The highest BCUT2D eigenvalue weighted by Crippen LogP contribution is 2.20. The molecule has 0 aliphatic rings. The van der Waals surface area contributed by atoms with Crippen molar-refractivity contribution >= 4 is 5.91 Å². The van der Waals surface area contributed by atoms with Gasteiger partial charge < -0.3 is 10.1 Å². The van der Waals surface area contributed by atoms with Crippen molar-refractivity contribution < 1.29 is 13.9 Å². The number of rotatable bonds is 3. The Morgan fingerprint density at radius 1 is 1.53 bits per heavy atom. The first-order valence-electron chi connectivity index (χ1n) is 4.69. The summed E-state index contributed by atoms with van der Waals surface area (Å²) in [6.07, 6.45) is -0.703. The van der Waals surface area contributed by atoms with Crippen LogP contribution in [0.25, 0.3) is 0 Å². The second-order valence-corrected chi connectivity index (χ2v) is 3.26. The zero-order valence-corrected chi connectivity index (χ0v) is 9.00. The molecule has 1 N–H and O–H groups in total. The standard InChI is InChI=1S/C11H14FNO2/c1-7-5-4-6-9(10(7)12)15-8(2)11(14)13-3/h4-6,8H,1-3H3,(H,13,14). The number of hydrogen-bond donors (Lipinski definition) is 1. The molecule has 82 valence electrons. The van der Waals surface area contributed by atoms with Crippen molar-refractivity contribution in [1.82, 2.24) is 5.32 Å². The maximum Gasteiger partial charge on any atom is 0.260 e. The highest BCUT2D eigenvalue weighted by atomic mass is 19.1. The number of ether oxygens (including phenoxy) is 1. The minimum Gasteiger partial charge on any atom is -0.478 e. The van der Waals surface area contributed by atoms with Crippen molar-refractivity contribution in [3.8, 4) is 5.75 Å². The average molecular weight is 211 g/mol. The van der Waals surface area contributed by atoms with Gasteiger partial charge in [0.1, 0.15) is 0 Å². The van der Waals surface area contributed by atoms with Crippen molar-refractivity contribution in [2.75, 3.05) is 7.05 Å². The molecule has 4 heteroatoms. The van der Waals surface area contributed by atoms with Gasteiger partial charge in [-0.15, -0.1) is 0 Å². The quantitative estimate of drug-likeness (QED) is 0.825. The average Bonchev–Trinajstić information content (AvgIpc) is 2.23. The largest absolute Gasteiger partial charge is 0.478 e. The number of carbonyl (C=O) groups excluding carboxylic acids is 1. The van der Waals surface area contributed by atoms with Gasteiger partial charge in [-0.1, -0.05) is 12.1 Å². The van der Waals surface area contributed by atoms with Gasteiger partial charge in [0.25, 0.3) is 5.91 Å². The smallest absolute Gasteiger partial charge is 0.260 e. The van der Waals surface area contributed by atoms with E-state index in [0.717, 1.165) is 0 Å². The zero-order valence-electron chi connectivity index (χ0n) is 9.00. The fourth-order valence-corrected chi connectivity index (χ4v) is 1.16. The topological polar surface area (TPSA) is 38.3 Å². The van der Waals surface area contributed by atoms with Crippen LogP contribution in [-0.4, -0.2) is 19.1 Å². The highest BCUT2D eigenvalue weighted by molar-refractivity contribution is 5.80. The van der Waals surface area contributed by atoms with Crippen LogP contribution in [0, 0.1) is 12.7 Å². The first-order chi connectivity index (χ1) is 7.06. The summed E-state index contributed by atoms with van der Waals surface area (Å²) in [7, 11) is 1.51. The molecule has 0 heterocycles. The molecule has 1 aromatic carbocycles. The molecule has 1 aromatic rings. The third-order valence-electron chi connectivity index (χ3n) is 2.08. The van der Waals surface area contributed by atoms with Crippen molar-refractivity contribution in [2.45, 2.75) is 20.0 Å². The normalized spacial score (nSPS) is 12.0. The second-order valence-electron chi connectivity index (χ2n) is 3.26. The van der Waals surface area contributed by atoms with Gasteiger partial charge in [0, 0.05) is 7.05 Å². The van der Waals surface area contributed by atoms with Crippen LogP contribution in [0.2, 0.25) is 0 Å². The number of aryl methyl sites for hydroxylation is 1. The Morgan fingerprint density at radius 3 is 2.80 bits per heavy atom. The third kappa shape index (κ3) is 2.68. The number of likely N-dealkylation sites (N-methyl/N-ethyl adjacent to an activating group) is 1. The molecule has 15 heavy (non-hydrogen) atoms. The lowest BCUT2D eigenvalue weighted by atomic mass is 10.2. The van der Waals surface area contributed by atoms with Crippen molar-refractivity contribution in [2.24, 2.45) is 0 Å². The van der Waals surface area contributed by atoms with Crippen LogP contribution < -0.4 is 10.1 Å². The highest BCUT2D eigenvalue weighted by Gasteiger charge is 2.15. The van der Waals surface area contributed by atoms with Crippen LogP contribution in [0.4, 0.5) is 4.39 Å². The van der Waals surface area contributed by atoms with E-state index in [1.165, 1.54) is 13.1 Å². The first-order valence-corrected chi connectivity index (χ1v) is 4.69. The monoisotopic (exact) mass is 211 g/mol. The number of nitrogens with one attached hydrogen (secondary N) is 1. The Morgan fingerprint density at radius 2 is 2.20 bits per heavy atom. The van der Waals surface area contributed by atoms with Gasteiger partial charge in [-0.3, -0.25) is 4.79 Å². The van der Waals surface area contributed by atoms with Crippen LogP contribution in [0.3, 0.4) is 0 Å². The van der Waals surface area contributed by atoms with E-state index in [1.54, 1.807) is 26.0 Å². The lowest BCUT2D eigenvalue weighted by molar-refractivity contribution is -0.126. The van der Waals surface area contributed by atoms with Gasteiger partial charge in [0.2, 0.25) is 0 Å². The molecule has 1 unspecified atom stereocenters. The minimum absolute atomic E-state index is 0.103. The molecule has 0 aliphatic heterocycles. The van der Waals surface area contributed by atoms with Crippen LogP contribution in [0.5, 0.6) is 5.75 Å². The zero-order chi connectivity index (χ0) is 11.4. The van der Waals surface area contributed by atoms with E-state index in [0.29, 0.717) is 5.56 Å². The Balaban J connectivity index is 2.81. The Labute approximate surface area is 88.2 Å². The maximum atomic E-state index is 13.5. The molecule has 0 aromatic heterocycles. The SMILES string of the molecule is CNC(=O)C(C)Oc1cccc(C)c1F. The molecule has 0 saturated heterocycles. The molecule has 0 spiro atoms. The fraction of sp³-hybridized carbons (Fsp3) is 0.364. The number of hydrogen-bond acceptors (Lipinski definition) is 2. The summed E-state index contributed by atoms with van der Waals surface area (Å²) < 4.78 is 18.7. The summed E-state index contributed by atoms with van der Waals surface area (Å²) in [4.78, 5) is 11.2. The van der Waals surface area contributed by atoms with Crippen LogP contribution in [-0.2, 0) is 4.79 Å². The van der Waals surface area contributed by atoms with Gasteiger partial charge >= 0.3 is 0 Å². The Hall–Kier alpha value is -1.58. The van der Waals surface area contributed by atoms with Gasteiger partial charge in [0.15, 0.2) is 17.7 Å². The minimum atomic E-state index is -0.703. The molecule has 1 amide bonds. The van der Waals surface area contributed by atoms with Crippen molar-refractivity contribution in [3.63, 3.8) is 0 Å². The number of benzene rings is 1. The number of amides is 1. The molecule has 1 rings (SSSR count). The molecular weight excluding hydrogens is 197 g/mol. The molecule has 0 fully saturated rings. The Bertz CT molecular complexity index is 366. The number of halogens is 1. The van der Waals surface area contributed by atoms with E-state index in [-0.39, 0.29) is 11.7 Å². The summed E-state index contributed by atoms with van der Waals surface area (Å²) >= 11 is 0. The number of carbonyl (C=O) groups is 1. The summed E-state index contributed by atoms with van der Waals surface area (Å²) in [5.41, 5.74) is 0.497. The van der Waals surface area contributed by atoms with Crippen molar-refractivity contribution in [3.05, 3.63) is 29.6 Å². The maximum absolute atomic E-state index is 13.5.